The first kappa shape index (κ1) is 14.1. The van der Waals surface area contributed by atoms with E-state index < -0.39 is 0 Å². The van der Waals surface area contributed by atoms with E-state index in [1.54, 1.807) is 24.4 Å². The van der Waals surface area contributed by atoms with Crippen LogP contribution in [0.2, 0.25) is 0 Å². The van der Waals surface area contributed by atoms with E-state index in [1.807, 2.05) is 23.1 Å². The van der Waals surface area contributed by atoms with Crippen molar-refractivity contribution in [3.8, 4) is 11.5 Å². The average Bonchev–Trinajstić information content (AvgIpc) is 3.09. The highest BCUT2D eigenvalue weighted by molar-refractivity contribution is 5.95. The van der Waals surface area contributed by atoms with Gasteiger partial charge in [0.1, 0.15) is 0 Å². The van der Waals surface area contributed by atoms with Crippen molar-refractivity contribution in [3.63, 3.8) is 0 Å². The number of amides is 1. The molecule has 0 bridgehead atoms. The van der Waals surface area contributed by atoms with Crippen LogP contribution < -0.4 is 9.47 Å². The number of hydrogen-bond acceptors (Lipinski definition) is 4. The Morgan fingerprint density at radius 2 is 2.04 bits per heavy atom. The molecule has 1 aromatic heterocycles. The van der Waals surface area contributed by atoms with Crippen LogP contribution in [0.4, 0.5) is 0 Å². The minimum Gasteiger partial charge on any atom is -0.454 e. The number of fused-ring (bicyclic) bond motifs is 1. The molecule has 2 aliphatic rings. The summed E-state index contributed by atoms with van der Waals surface area (Å²) in [4.78, 5) is 19.4. The lowest BCUT2D eigenvalue weighted by atomic mass is 9.97. The largest absolute Gasteiger partial charge is 0.454 e. The molecule has 1 amide bonds. The second-order valence-corrected chi connectivity index (χ2v) is 5.83. The Morgan fingerprint density at radius 1 is 1.13 bits per heavy atom. The molecule has 0 spiro atoms. The first-order valence-corrected chi connectivity index (χ1v) is 7.94. The Labute approximate surface area is 134 Å². The van der Waals surface area contributed by atoms with Crippen LogP contribution in [0.5, 0.6) is 11.5 Å². The van der Waals surface area contributed by atoms with Crippen LogP contribution in [0.15, 0.2) is 42.6 Å². The molecule has 1 atom stereocenters. The number of pyridine rings is 1. The van der Waals surface area contributed by atoms with Crippen molar-refractivity contribution in [1.29, 1.82) is 0 Å². The molecule has 118 valence electrons. The summed E-state index contributed by atoms with van der Waals surface area (Å²) in [6.07, 6.45) is 4.88. The van der Waals surface area contributed by atoms with Crippen LogP contribution in [0.25, 0.3) is 0 Å². The molecule has 0 saturated carbocycles. The van der Waals surface area contributed by atoms with Crippen molar-refractivity contribution in [2.45, 2.75) is 25.3 Å². The third-order valence-electron chi connectivity index (χ3n) is 4.41. The van der Waals surface area contributed by atoms with Gasteiger partial charge in [-0.2, -0.15) is 0 Å². The SMILES string of the molecule is O=C(c1ccc2c(c1)OCO2)N1CCCC[C@H]1c1ccccn1. The summed E-state index contributed by atoms with van der Waals surface area (Å²) in [5.41, 5.74) is 1.60. The number of ether oxygens (including phenoxy) is 2. The van der Waals surface area contributed by atoms with Crippen molar-refractivity contribution in [2.75, 3.05) is 13.3 Å². The summed E-state index contributed by atoms with van der Waals surface area (Å²) < 4.78 is 10.7. The van der Waals surface area contributed by atoms with Crippen molar-refractivity contribution < 1.29 is 14.3 Å². The fraction of sp³-hybridized carbons (Fsp3) is 0.333. The molecular weight excluding hydrogens is 292 g/mol. The zero-order valence-corrected chi connectivity index (χ0v) is 12.8. The van der Waals surface area contributed by atoms with Gasteiger partial charge in [0.05, 0.1) is 11.7 Å². The summed E-state index contributed by atoms with van der Waals surface area (Å²) >= 11 is 0. The normalized spacial score (nSPS) is 19.7. The zero-order valence-electron chi connectivity index (χ0n) is 12.8. The van der Waals surface area contributed by atoms with E-state index in [-0.39, 0.29) is 18.7 Å². The summed E-state index contributed by atoms with van der Waals surface area (Å²) in [5.74, 6) is 1.36. The van der Waals surface area contributed by atoms with E-state index in [0.29, 0.717) is 17.1 Å². The number of likely N-dealkylation sites (tertiary alicyclic amines) is 1. The monoisotopic (exact) mass is 310 g/mol. The van der Waals surface area contributed by atoms with Crippen molar-refractivity contribution in [1.82, 2.24) is 9.88 Å². The van der Waals surface area contributed by atoms with Crippen LogP contribution in [0.3, 0.4) is 0 Å². The molecule has 0 radical (unpaired) electrons. The molecule has 1 fully saturated rings. The molecule has 5 heteroatoms. The van der Waals surface area contributed by atoms with Gasteiger partial charge >= 0.3 is 0 Å². The lowest BCUT2D eigenvalue weighted by Crippen LogP contribution is -2.38. The molecule has 2 aliphatic heterocycles. The fourth-order valence-electron chi connectivity index (χ4n) is 3.25. The van der Waals surface area contributed by atoms with Gasteiger partial charge in [-0.25, -0.2) is 0 Å². The minimum absolute atomic E-state index is 0.0265. The standard InChI is InChI=1S/C18H18N2O3/c21-18(13-7-8-16-17(11-13)23-12-22-16)20-10-4-2-6-15(20)14-5-1-3-9-19-14/h1,3,5,7-9,11,15H,2,4,6,10,12H2/t15-/m0/s1. The van der Waals surface area contributed by atoms with E-state index in [4.69, 9.17) is 9.47 Å². The maximum atomic E-state index is 13.0. The van der Waals surface area contributed by atoms with Crippen LogP contribution in [0.1, 0.15) is 41.4 Å². The predicted molar refractivity (Wildman–Crippen MR) is 84.4 cm³/mol. The van der Waals surface area contributed by atoms with Gasteiger partial charge in [-0.05, 0) is 49.6 Å². The van der Waals surface area contributed by atoms with Gasteiger partial charge in [0.2, 0.25) is 6.79 Å². The summed E-state index contributed by atoms with van der Waals surface area (Å²) in [6.45, 7) is 0.974. The Kier molecular flexibility index (Phi) is 3.61. The number of nitrogens with zero attached hydrogens (tertiary/aromatic N) is 2. The molecular formula is C18H18N2O3. The van der Waals surface area contributed by atoms with Crippen LogP contribution in [0, 0.1) is 0 Å². The van der Waals surface area contributed by atoms with Crippen molar-refractivity contribution in [2.24, 2.45) is 0 Å². The number of rotatable bonds is 2. The van der Waals surface area contributed by atoms with E-state index in [1.165, 1.54) is 0 Å². The van der Waals surface area contributed by atoms with Crippen molar-refractivity contribution in [3.05, 3.63) is 53.9 Å². The fourth-order valence-corrected chi connectivity index (χ4v) is 3.25. The Balaban J connectivity index is 1.63. The lowest BCUT2D eigenvalue weighted by molar-refractivity contribution is 0.0605. The summed E-state index contributed by atoms with van der Waals surface area (Å²) in [5, 5.41) is 0. The molecule has 23 heavy (non-hydrogen) atoms. The highest BCUT2D eigenvalue weighted by atomic mass is 16.7. The number of piperidine rings is 1. The summed E-state index contributed by atoms with van der Waals surface area (Å²) in [6, 6.07) is 11.3. The highest BCUT2D eigenvalue weighted by Gasteiger charge is 2.30. The van der Waals surface area contributed by atoms with Gasteiger partial charge in [-0.15, -0.1) is 0 Å². The quantitative estimate of drug-likeness (QED) is 0.855. The molecule has 5 nitrogen and oxygen atoms in total. The predicted octanol–water partition coefficient (Wildman–Crippen LogP) is 3.18. The highest BCUT2D eigenvalue weighted by Crippen LogP contribution is 2.35. The third-order valence-corrected chi connectivity index (χ3v) is 4.41. The van der Waals surface area contributed by atoms with Gasteiger partial charge in [0.15, 0.2) is 11.5 Å². The summed E-state index contributed by atoms with van der Waals surface area (Å²) in [7, 11) is 0. The van der Waals surface area contributed by atoms with Gasteiger partial charge in [0, 0.05) is 18.3 Å². The molecule has 1 saturated heterocycles. The van der Waals surface area contributed by atoms with E-state index in [2.05, 4.69) is 4.98 Å². The molecule has 4 rings (SSSR count). The number of carbonyl (C=O) groups is 1. The maximum Gasteiger partial charge on any atom is 0.254 e. The Bertz CT molecular complexity index is 717. The van der Waals surface area contributed by atoms with Crippen LogP contribution in [-0.4, -0.2) is 29.1 Å². The first-order valence-electron chi connectivity index (χ1n) is 7.94. The minimum atomic E-state index is 0.0265. The van der Waals surface area contributed by atoms with Crippen molar-refractivity contribution >= 4 is 5.91 Å². The van der Waals surface area contributed by atoms with Crippen LogP contribution >= 0.6 is 0 Å². The maximum absolute atomic E-state index is 13.0. The average molecular weight is 310 g/mol. The van der Waals surface area contributed by atoms with Gasteiger partial charge in [0.25, 0.3) is 5.91 Å². The first-order chi connectivity index (χ1) is 11.3. The van der Waals surface area contributed by atoms with E-state index in [9.17, 15) is 4.79 Å². The molecule has 0 unspecified atom stereocenters. The van der Waals surface area contributed by atoms with Gasteiger partial charge in [-0.1, -0.05) is 6.07 Å². The molecule has 2 aromatic rings. The third kappa shape index (κ3) is 2.63. The van der Waals surface area contributed by atoms with E-state index in [0.717, 1.165) is 31.5 Å². The van der Waals surface area contributed by atoms with E-state index >= 15 is 0 Å². The Hall–Kier alpha value is -2.56. The second-order valence-electron chi connectivity index (χ2n) is 5.83. The lowest BCUT2D eigenvalue weighted by Gasteiger charge is -2.35. The number of carbonyl (C=O) groups excluding carboxylic acids is 1. The smallest absolute Gasteiger partial charge is 0.254 e. The number of aromatic nitrogens is 1. The molecule has 0 N–H and O–H groups in total. The number of benzene rings is 1. The second kappa shape index (κ2) is 5.91. The van der Waals surface area contributed by atoms with Crippen LogP contribution in [-0.2, 0) is 0 Å². The zero-order chi connectivity index (χ0) is 15.6. The number of hydrogen-bond donors (Lipinski definition) is 0. The Morgan fingerprint density at radius 3 is 2.91 bits per heavy atom. The molecule has 1 aromatic carbocycles. The van der Waals surface area contributed by atoms with Gasteiger partial charge < -0.3 is 14.4 Å². The molecule has 3 heterocycles. The van der Waals surface area contributed by atoms with Gasteiger partial charge in [-0.3, -0.25) is 9.78 Å². The topological polar surface area (TPSA) is 51.7 Å². The molecule has 0 aliphatic carbocycles.